The molecule has 0 amide bonds. The van der Waals surface area contributed by atoms with E-state index in [2.05, 4.69) is 44.2 Å². The highest BCUT2D eigenvalue weighted by Gasteiger charge is 2.26. The summed E-state index contributed by atoms with van der Waals surface area (Å²) in [5, 5.41) is 3.10. The summed E-state index contributed by atoms with van der Waals surface area (Å²) in [6.07, 6.45) is 1.12. The molecule has 1 N–H and O–H groups in total. The van der Waals surface area contributed by atoms with E-state index in [9.17, 15) is 0 Å². The lowest BCUT2D eigenvalue weighted by Crippen LogP contribution is -2.32. The molecule has 0 aromatic carbocycles. The Morgan fingerprint density at radius 2 is 2.16 bits per heavy atom. The van der Waals surface area contributed by atoms with E-state index in [0.717, 1.165) is 26.1 Å². The van der Waals surface area contributed by atoms with Gasteiger partial charge in [0.05, 0.1) is 7.11 Å². The second-order valence-corrected chi connectivity index (χ2v) is 4.83. The summed E-state index contributed by atoms with van der Waals surface area (Å²) in [6.45, 7) is 4.67. The average molecular weight is 266 g/mol. The molecule has 1 atom stereocenters. The predicted octanol–water partition coefficient (Wildman–Crippen LogP) is 0.452. The highest BCUT2D eigenvalue weighted by atomic mass is 16.5. The van der Waals surface area contributed by atoms with Gasteiger partial charge in [0, 0.05) is 25.7 Å². The van der Waals surface area contributed by atoms with Gasteiger partial charge in [0.25, 0.3) is 0 Å². The van der Waals surface area contributed by atoms with E-state index in [4.69, 9.17) is 4.74 Å². The Balaban J connectivity index is 2.17. The minimum atomic E-state index is 0.356. The summed E-state index contributed by atoms with van der Waals surface area (Å²) in [7, 11) is 5.78. The van der Waals surface area contributed by atoms with E-state index in [1.165, 1.54) is 0 Å². The zero-order valence-electron chi connectivity index (χ0n) is 12.1. The van der Waals surface area contributed by atoms with Gasteiger partial charge in [-0.05, 0) is 27.4 Å². The smallest absolute Gasteiger partial charge is 0.322 e. The number of nitrogens with zero attached hydrogens (tertiary/aromatic N) is 5. The molecular formula is C12H22N6O. The maximum atomic E-state index is 5.14. The monoisotopic (exact) mass is 266 g/mol. The van der Waals surface area contributed by atoms with Gasteiger partial charge in [-0.2, -0.15) is 15.0 Å². The first kappa shape index (κ1) is 13.8. The third-order valence-electron chi connectivity index (χ3n) is 3.30. The van der Waals surface area contributed by atoms with Crippen LogP contribution in [0.2, 0.25) is 0 Å². The van der Waals surface area contributed by atoms with Crippen molar-refractivity contribution in [3.63, 3.8) is 0 Å². The Kier molecular flexibility index (Phi) is 4.36. The molecule has 1 saturated heterocycles. The van der Waals surface area contributed by atoms with Crippen LogP contribution in [0.15, 0.2) is 0 Å². The molecule has 1 aliphatic heterocycles. The fourth-order valence-corrected chi connectivity index (χ4v) is 2.16. The second kappa shape index (κ2) is 6.01. The second-order valence-electron chi connectivity index (χ2n) is 4.83. The molecule has 2 rings (SSSR count). The van der Waals surface area contributed by atoms with Crippen LogP contribution in [-0.2, 0) is 0 Å². The molecule has 1 aliphatic rings. The first-order chi connectivity index (χ1) is 9.13. The largest absolute Gasteiger partial charge is 0.467 e. The molecule has 0 saturated carbocycles. The van der Waals surface area contributed by atoms with Crippen LogP contribution in [0, 0.1) is 0 Å². The molecule has 1 unspecified atom stereocenters. The molecule has 0 spiro atoms. The lowest BCUT2D eigenvalue weighted by atomic mass is 10.2. The summed E-state index contributed by atoms with van der Waals surface area (Å²) in [6, 6.07) is 0.902. The molecule has 7 nitrogen and oxygen atoms in total. The van der Waals surface area contributed by atoms with Crippen molar-refractivity contribution >= 4 is 11.9 Å². The molecule has 0 radical (unpaired) electrons. The number of hydrogen-bond donors (Lipinski definition) is 1. The van der Waals surface area contributed by atoms with Crippen molar-refractivity contribution < 1.29 is 4.74 Å². The van der Waals surface area contributed by atoms with E-state index in [1.807, 2.05) is 6.92 Å². The van der Waals surface area contributed by atoms with Gasteiger partial charge in [-0.25, -0.2) is 0 Å². The standard InChI is InChI=1S/C12H22N6O/c1-5-13-10-14-11(16-12(15-10)19-4)18-7-6-9(8-18)17(2)3/h9H,5-8H2,1-4H3,(H,13,14,15,16). The summed E-state index contributed by atoms with van der Waals surface area (Å²) in [5.74, 6) is 1.25. The highest BCUT2D eigenvalue weighted by molar-refractivity contribution is 5.39. The van der Waals surface area contributed by atoms with Crippen molar-refractivity contribution in [3.05, 3.63) is 0 Å². The first-order valence-electron chi connectivity index (χ1n) is 6.59. The topological polar surface area (TPSA) is 66.4 Å². The summed E-state index contributed by atoms with van der Waals surface area (Å²) < 4.78 is 5.14. The van der Waals surface area contributed by atoms with Gasteiger partial charge in [-0.1, -0.05) is 0 Å². The van der Waals surface area contributed by atoms with Gasteiger partial charge < -0.3 is 19.9 Å². The Labute approximate surface area is 114 Å². The molecule has 7 heteroatoms. The van der Waals surface area contributed by atoms with Crippen molar-refractivity contribution in [2.24, 2.45) is 0 Å². The Morgan fingerprint density at radius 3 is 2.74 bits per heavy atom. The third kappa shape index (κ3) is 3.23. The Morgan fingerprint density at radius 1 is 1.37 bits per heavy atom. The van der Waals surface area contributed by atoms with Crippen LogP contribution in [0.3, 0.4) is 0 Å². The van der Waals surface area contributed by atoms with Gasteiger partial charge in [0.15, 0.2) is 0 Å². The fraction of sp³-hybridized carbons (Fsp3) is 0.750. The molecular weight excluding hydrogens is 244 g/mol. The van der Waals surface area contributed by atoms with Gasteiger partial charge in [0.1, 0.15) is 0 Å². The molecule has 19 heavy (non-hydrogen) atoms. The van der Waals surface area contributed by atoms with E-state index in [-0.39, 0.29) is 0 Å². The van der Waals surface area contributed by atoms with Gasteiger partial charge >= 0.3 is 6.01 Å². The lowest BCUT2D eigenvalue weighted by Gasteiger charge is -2.20. The number of hydrogen-bond acceptors (Lipinski definition) is 7. The highest BCUT2D eigenvalue weighted by Crippen LogP contribution is 2.21. The maximum absolute atomic E-state index is 5.14. The molecule has 0 aliphatic carbocycles. The van der Waals surface area contributed by atoms with Gasteiger partial charge in [-0.3, -0.25) is 0 Å². The zero-order valence-corrected chi connectivity index (χ0v) is 12.1. The first-order valence-corrected chi connectivity index (χ1v) is 6.59. The summed E-state index contributed by atoms with van der Waals surface area (Å²) >= 11 is 0. The minimum absolute atomic E-state index is 0.356. The van der Waals surface area contributed by atoms with Crippen molar-refractivity contribution in [1.82, 2.24) is 19.9 Å². The van der Waals surface area contributed by atoms with Crippen LogP contribution >= 0.6 is 0 Å². The molecule has 0 bridgehead atoms. The molecule has 2 heterocycles. The number of aromatic nitrogens is 3. The van der Waals surface area contributed by atoms with E-state index >= 15 is 0 Å². The number of anilines is 2. The SMILES string of the molecule is CCNc1nc(OC)nc(N2CCC(N(C)C)C2)n1. The van der Waals surface area contributed by atoms with E-state index < -0.39 is 0 Å². The van der Waals surface area contributed by atoms with Gasteiger partial charge in [0.2, 0.25) is 11.9 Å². The van der Waals surface area contributed by atoms with Crippen molar-refractivity contribution in [3.8, 4) is 6.01 Å². The van der Waals surface area contributed by atoms with Crippen molar-refractivity contribution in [2.45, 2.75) is 19.4 Å². The van der Waals surface area contributed by atoms with Crippen LogP contribution in [0.1, 0.15) is 13.3 Å². The molecule has 1 aromatic rings. The number of rotatable bonds is 5. The number of methoxy groups -OCH3 is 1. The minimum Gasteiger partial charge on any atom is -0.467 e. The predicted molar refractivity (Wildman–Crippen MR) is 74.8 cm³/mol. The quantitative estimate of drug-likeness (QED) is 0.830. The molecule has 106 valence electrons. The van der Waals surface area contributed by atoms with Crippen LogP contribution in [0.5, 0.6) is 6.01 Å². The Hall–Kier alpha value is -1.63. The van der Waals surface area contributed by atoms with E-state index in [1.54, 1.807) is 7.11 Å². The molecule has 1 aromatic heterocycles. The third-order valence-corrected chi connectivity index (χ3v) is 3.30. The average Bonchev–Trinajstić information content (AvgIpc) is 2.88. The Bertz CT molecular complexity index is 425. The summed E-state index contributed by atoms with van der Waals surface area (Å²) in [5.41, 5.74) is 0. The lowest BCUT2D eigenvalue weighted by molar-refractivity contribution is 0.315. The van der Waals surface area contributed by atoms with Gasteiger partial charge in [-0.15, -0.1) is 0 Å². The number of nitrogens with one attached hydrogen (secondary N) is 1. The number of likely N-dealkylation sites (N-methyl/N-ethyl adjacent to an activating group) is 1. The van der Waals surface area contributed by atoms with Crippen LogP contribution in [0.4, 0.5) is 11.9 Å². The van der Waals surface area contributed by atoms with Crippen LogP contribution in [-0.4, -0.2) is 66.7 Å². The van der Waals surface area contributed by atoms with Crippen LogP contribution in [0.25, 0.3) is 0 Å². The van der Waals surface area contributed by atoms with E-state index in [0.29, 0.717) is 23.9 Å². The van der Waals surface area contributed by atoms with Crippen molar-refractivity contribution in [1.29, 1.82) is 0 Å². The molecule has 1 fully saturated rings. The van der Waals surface area contributed by atoms with Crippen molar-refractivity contribution in [2.75, 3.05) is 51.1 Å². The normalized spacial score (nSPS) is 19.0. The fourth-order valence-electron chi connectivity index (χ4n) is 2.16. The summed E-state index contributed by atoms with van der Waals surface area (Å²) in [4.78, 5) is 17.4. The maximum Gasteiger partial charge on any atom is 0.322 e. The zero-order chi connectivity index (χ0) is 13.8. The van der Waals surface area contributed by atoms with Crippen LogP contribution < -0.4 is 15.0 Å². The number of ether oxygens (including phenoxy) is 1.